The Morgan fingerprint density at radius 2 is 1.77 bits per heavy atom. The van der Waals surface area contributed by atoms with E-state index in [0.29, 0.717) is 12.3 Å². The van der Waals surface area contributed by atoms with Crippen LogP contribution in [0.15, 0.2) is 58.5 Å². The van der Waals surface area contributed by atoms with E-state index in [0.717, 1.165) is 26.9 Å². The van der Waals surface area contributed by atoms with E-state index in [-0.39, 0.29) is 11.8 Å². The summed E-state index contributed by atoms with van der Waals surface area (Å²) in [5, 5.41) is 0.850. The van der Waals surface area contributed by atoms with Crippen LogP contribution >= 0.6 is 11.8 Å². The van der Waals surface area contributed by atoms with Crippen molar-refractivity contribution in [2.24, 2.45) is 0 Å². The number of nitrogens with zero attached hydrogens (tertiary/aromatic N) is 1. The second kappa shape index (κ2) is 7.66. The molecule has 2 aromatic rings. The molecule has 26 heavy (non-hydrogen) atoms. The van der Waals surface area contributed by atoms with E-state index in [4.69, 9.17) is 9.47 Å². The van der Waals surface area contributed by atoms with E-state index in [1.807, 2.05) is 36.4 Å². The summed E-state index contributed by atoms with van der Waals surface area (Å²) in [6.45, 7) is 3.50. The monoisotopic (exact) mass is 369 g/mol. The quantitative estimate of drug-likeness (QED) is 0.448. The number of fused-ring (bicyclic) bond motifs is 1. The van der Waals surface area contributed by atoms with Gasteiger partial charge in [0.1, 0.15) is 11.5 Å². The molecular weight excluding hydrogens is 350 g/mol. The van der Waals surface area contributed by atoms with Crippen LogP contribution in [0.3, 0.4) is 0 Å². The van der Waals surface area contributed by atoms with Gasteiger partial charge < -0.3 is 14.4 Å². The molecule has 1 heterocycles. The second-order valence-electron chi connectivity index (χ2n) is 5.85. The number of carbonyl (C=O) groups is 2. The predicted octanol–water partition coefficient (Wildman–Crippen LogP) is 4.16. The van der Waals surface area contributed by atoms with E-state index in [1.54, 1.807) is 19.3 Å². The molecule has 3 rings (SSSR count). The number of esters is 1. The highest BCUT2D eigenvalue weighted by molar-refractivity contribution is 8.03. The van der Waals surface area contributed by atoms with Gasteiger partial charge in [-0.15, -0.1) is 0 Å². The summed E-state index contributed by atoms with van der Waals surface area (Å²) in [7, 11) is 1.63. The van der Waals surface area contributed by atoms with E-state index in [2.05, 4.69) is 4.90 Å². The summed E-state index contributed by atoms with van der Waals surface area (Å²) in [6, 6.07) is 13.3. The number of methoxy groups -OCH3 is 1. The van der Waals surface area contributed by atoms with Crippen LogP contribution in [0.4, 0.5) is 5.69 Å². The summed E-state index contributed by atoms with van der Waals surface area (Å²) in [6.07, 6.45) is 1.62. The summed E-state index contributed by atoms with van der Waals surface area (Å²) >= 11 is 1.53. The Labute approximate surface area is 156 Å². The Balaban J connectivity index is 1.95. The van der Waals surface area contributed by atoms with Crippen molar-refractivity contribution in [3.8, 4) is 11.5 Å². The van der Waals surface area contributed by atoms with Gasteiger partial charge in [-0.2, -0.15) is 0 Å². The molecule has 134 valence electrons. The zero-order chi connectivity index (χ0) is 18.7. The Hall–Kier alpha value is -2.73. The van der Waals surface area contributed by atoms with Crippen molar-refractivity contribution in [3.63, 3.8) is 0 Å². The van der Waals surface area contributed by atoms with Crippen molar-refractivity contribution < 1.29 is 19.1 Å². The van der Waals surface area contributed by atoms with Crippen LogP contribution in [-0.4, -0.2) is 18.9 Å². The number of carbonyl (C=O) groups excluding carboxylic acids is 2. The summed E-state index contributed by atoms with van der Waals surface area (Å²) in [5.74, 6) is 0.902. The van der Waals surface area contributed by atoms with Gasteiger partial charge in [0.25, 0.3) is 0 Å². The number of rotatable bonds is 5. The lowest BCUT2D eigenvalue weighted by Gasteiger charge is -2.21. The largest absolute Gasteiger partial charge is 0.497 e. The van der Waals surface area contributed by atoms with E-state index in [1.165, 1.54) is 25.6 Å². The van der Waals surface area contributed by atoms with Crippen LogP contribution < -0.4 is 14.4 Å². The van der Waals surface area contributed by atoms with Crippen molar-refractivity contribution in [3.05, 3.63) is 59.1 Å². The topological polar surface area (TPSA) is 55.8 Å². The van der Waals surface area contributed by atoms with Crippen LogP contribution in [0.5, 0.6) is 11.5 Å². The fourth-order valence-corrected chi connectivity index (χ4v) is 3.80. The molecule has 0 radical (unpaired) electrons. The Kier molecular flexibility index (Phi) is 5.32. The van der Waals surface area contributed by atoms with E-state index < -0.39 is 0 Å². The van der Waals surface area contributed by atoms with Crippen molar-refractivity contribution in [1.29, 1.82) is 0 Å². The van der Waals surface area contributed by atoms with Gasteiger partial charge in [0, 0.05) is 30.5 Å². The molecule has 5 nitrogen and oxygen atoms in total. The number of thioether (sulfide) groups is 1. The van der Waals surface area contributed by atoms with Gasteiger partial charge in [-0.25, -0.2) is 0 Å². The van der Waals surface area contributed by atoms with Crippen LogP contribution in [0, 0.1) is 0 Å². The van der Waals surface area contributed by atoms with Crippen molar-refractivity contribution in [1.82, 2.24) is 0 Å². The number of ether oxygens (including phenoxy) is 2. The van der Waals surface area contributed by atoms with Gasteiger partial charge in [-0.3, -0.25) is 9.59 Å². The summed E-state index contributed by atoms with van der Waals surface area (Å²) < 4.78 is 10.4. The van der Waals surface area contributed by atoms with Crippen molar-refractivity contribution in [2.45, 2.75) is 25.3 Å². The zero-order valence-electron chi connectivity index (χ0n) is 14.8. The first-order valence-electron chi connectivity index (χ1n) is 8.09. The maximum Gasteiger partial charge on any atom is 0.308 e. The molecule has 6 heteroatoms. The Bertz CT molecular complexity index is 874. The SMILES string of the molecule is COc1ccc(CN2/C(=C/C(C)=O)Sc3ccc(OC(C)=O)cc32)cc1. The molecule has 0 aromatic heterocycles. The maximum absolute atomic E-state index is 11.6. The third kappa shape index (κ3) is 4.08. The minimum atomic E-state index is -0.364. The molecule has 0 fully saturated rings. The molecule has 2 aromatic carbocycles. The van der Waals surface area contributed by atoms with Crippen LogP contribution in [-0.2, 0) is 16.1 Å². The van der Waals surface area contributed by atoms with Gasteiger partial charge in [-0.05, 0) is 36.8 Å². The average Bonchev–Trinajstić information content (AvgIpc) is 2.91. The molecule has 0 aliphatic carbocycles. The van der Waals surface area contributed by atoms with Crippen LogP contribution in [0.25, 0.3) is 0 Å². The number of hydrogen-bond acceptors (Lipinski definition) is 6. The zero-order valence-corrected chi connectivity index (χ0v) is 15.6. The maximum atomic E-state index is 11.6. The fraction of sp³-hybridized carbons (Fsp3) is 0.200. The minimum Gasteiger partial charge on any atom is -0.497 e. The van der Waals surface area contributed by atoms with Crippen molar-refractivity contribution >= 4 is 29.2 Å². The number of benzene rings is 2. The molecule has 0 spiro atoms. The molecule has 0 saturated carbocycles. The third-order valence-electron chi connectivity index (χ3n) is 3.79. The first-order chi connectivity index (χ1) is 12.5. The normalized spacial score (nSPS) is 14.3. The Morgan fingerprint density at radius 3 is 2.38 bits per heavy atom. The molecule has 1 aliphatic rings. The van der Waals surface area contributed by atoms with Crippen LogP contribution in [0.2, 0.25) is 0 Å². The highest BCUT2D eigenvalue weighted by atomic mass is 32.2. The number of ketones is 1. The lowest BCUT2D eigenvalue weighted by Crippen LogP contribution is -2.17. The van der Waals surface area contributed by atoms with Gasteiger partial charge in [0.05, 0.1) is 17.8 Å². The molecule has 0 saturated heterocycles. The van der Waals surface area contributed by atoms with Gasteiger partial charge in [-0.1, -0.05) is 23.9 Å². The number of hydrogen-bond donors (Lipinski definition) is 0. The molecule has 0 amide bonds. The van der Waals surface area contributed by atoms with Crippen molar-refractivity contribution in [2.75, 3.05) is 12.0 Å². The third-order valence-corrected chi connectivity index (χ3v) is 4.90. The lowest BCUT2D eigenvalue weighted by molar-refractivity contribution is -0.131. The first kappa shape index (κ1) is 18.1. The van der Waals surface area contributed by atoms with E-state index >= 15 is 0 Å². The van der Waals surface area contributed by atoms with Gasteiger partial charge >= 0.3 is 5.97 Å². The Morgan fingerprint density at radius 1 is 1.08 bits per heavy atom. The highest BCUT2D eigenvalue weighted by Gasteiger charge is 2.26. The number of anilines is 1. The number of allylic oxidation sites excluding steroid dienone is 1. The molecule has 0 atom stereocenters. The summed E-state index contributed by atoms with van der Waals surface area (Å²) in [5.41, 5.74) is 1.99. The first-order valence-corrected chi connectivity index (χ1v) is 8.91. The smallest absolute Gasteiger partial charge is 0.308 e. The minimum absolute atomic E-state index is 0.0137. The standard InChI is InChI=1S/C20H19NO4S/c1-13(22)10-20-21(12-15-4-6-16(24-3)7-5-15)18-11-17(25-14(2)23)8-9-19(18)26-20/h4-11H,12H2,1-3H3/b20-10-. The van der Waals surface area contributed by atoms with Gasteiger partial charge in [0.2, 0.25) is 0 Å². The average molecular weight is 369 g/mol. The molecular formula is C20H19NO4S. The second-order valence-corrected chi connectivity index (χ2v) is 6.91. The highest BCUT2D eigenvalue weighted by Crippen LogP contribution is 2.48. The predicted molar refractivity (Wildman–Crippen MR) is 102 cm³/mol. The molecule has 0 N–H and O–H groups in total. The lowest BCUT2D eigenvalue weighted by atomic mass is 10.2. The molecule has 0 bridgehead atoms. The fourth-order valence-electron chi connectivity index (χ4n) is 2.67. The summed E-state index contributed by atoms with van der Waals surface area (Å²) in [4.78, 5) is 26.0. The van der Waals surface area contributed by atoms with E-state index in [9.17, 15) is 9.59 Å². The molecule has 0 unspecified atom stereocenters. The van der Waals surface area contributed by atoms with Gasteiger partial charge in [0.15, 0.2) is 5.78 Å². The van der Waals surface area contributed by atoms with Crippen LogP contribution in [0.1, 0.15) is 19.4 Å². The molecule has 1 aliphatic heterocycles.